The number of hydrogen-bond acceptors (Lipinski definition) is 7. The van der Waals surface area contributed by atoms with Crippen molar-refractivity contribution in [2.45, 2.75) is 104 Å². The average molecular weight is 546 g/mol. The van der Waals surface area contributed by atoms with Gasteiger partial charge in [0, 0.05) is 18.6 Å². The van der Waals surface area contributed by atoms with Crippen molar-refractivity contribution in [3.8, 4) is 0 Å². The summed E-state index contributed by atoms with van der Waals surface area (Å²) in [5.41, 5.74) is -0.252. The molecule has 39 heavy (non-hydrogen) atoms. The molecule has 0 aromatic carbocycles. The van der Waals surface area contributed by atoms with Crippen molar-refractivity contribution in [3.63, 3.8) is 0 Å². The van der Waals surface area contributed by atoms with Crippen LogP contribution in [0.5, 0.6) is 0 Å². The fourth-order valence-corrected chi connectivity index (χ4v) is 4.95. The number of anilines is 2. The number of carbonyl (C=O) groups is 4. The largest absolute Gasteiger partial charge is 0.444 e. The highest BCUT2D eigenvalue weighted by Crippen LogP contribution is 2.38. The summed E-state index contributed by atoms with van der Waals surface area (Å²) in [4.78, 5) is 56.3. The normalized spacial score (nSPS) is 23.2. The number of pyridine rings is 1. The van der Waals surface area contributed by atoms with Crippen molar-refractivity contribution in [2.24, 2.45) is 11.8 Å². The van der Waals surface area contributed by atoms with E-state index in [4.69, 9.17) is 9.47 Å². The number of carbonyl (C=O) groups excluding carboxylic acids is 4. The molecule has 2 atom stereocenters. The van der Waals surface area contributed by atoms with Gasteiger partial charge in [-0.2, -0.15) is 0 Å². The van der Waals surface area contributed by atoms with Crippen molar-refractivity contribution in [2.75, 3.05) is 17.2 Å². The Morgan fingerprint density at radius 1 is 0.949 bits per heavy atom. The Labute approximate surface area is 230 Å². The van der Waals surface area contributed by atoms with E-state index in [1.165, 1.54) is 6.20 Å². The van der Waals surface area contributed by atoms with Crippen molar-refractivity contribution in [1.29, 1.82) is 0 Å². The lowest BCUT2D eigenvalue weighted by molar-refractivity contribution is -0.148. The standard InChI is InChI=1S/C28H43N5O6/c1-16-9-10-21(18-12-19(13-18)31-25(36)38-27(3,4)5)33(15-16)24(35)23(34)30-20-11-17(2)22(29-14-20)32-26(37)39-28(6,7)8/h11,14,16,18-19,21H,9-10,12-13,15H2,1-8H3,(H,30,34)(H,31,36)(H,29,32,37)/t16-,18-,19-,21+/m0/s1. The molecule has 3 N–H and O–H groups in total. The van der Waals surface area contributed by atoms with Gasteiger partial charge in [0.05, 0.1) is 11.9 Å². The maximum Gasteiger partial charge on any atom is 0.413 e. The highest BCUT2D eigenvalue weighted by atomic mass is 16.6. The molecule has 11 heteroatoms. The lowest BCUT2D eigenvalue weighted by Gasteiger charge is -2.48. The number of ether oxygens (including phenoxy) is 2. The Morgan fingerprint density at radius 3 is 2.15 bits per heavy atom. The molecule has 2 aliphatic rings. The van der Waals surface area contributed by atoms with Gasteiger partial charge in [-0.25, -0.2) is 14.6 Å². The Bertz CT molecular complexity index is 1090. The molecule has 0 bridgehead atoms. The molecular formula is C28H43N5O6. The quantitative estimate of drug-likeness (QED) is 0.470. The molecule has 1 saturated heterocycles. The third kappa shape index (κ3) is 8.83. The number of piperidine rings is 1. The van der Waals surface area contributed by atoms with Crippen molar-refractivity contribution in [3.05, 3.63) is 17.8 Å². The van der Waals surface area contributed by atoms with Crippen LogP contribution in [0.2, 0.25) is 0 Å². The van der Waals surface area contributed by atoms with Crippen LogP contribution in [0.1, 0.15) is 79.7 Å². The number of amides is 4. The van der Waals surface area contributed by atoms with Crippen LogP contribution < -0.4 is 16.0 Å². The highest BCUT2D eigenvalue weighted by molar-refractivity contribution is 6.39. The molecule has 1 aromatic heterocycles. The minimum atomic E-state index is -0.731. The highest BCUT2D eigenvalue weighted by Gasteiger charge is 2.43. The van der Waals surface area contributed by atoms with Crippen LogP contribution in [0.4, 0.5) is 21.1 Å². The second-order valence-corrected chi connectivity index (χ2v) is 12.8. The predicted molar refractivity (Wildman–Crippen MR) is 147 cm³/mol. The first-order chi connectivity index (χ1) is 18.0. The molecule has 0 spiro atoms. The number of alkyl carbamates (subject to hydrolysis) is 1. The molecule has 2 heterocycles. The fourth-order valence-electron chi connectivity index (χ4n) is 4.95. The van der Waals surface area contributed by atoms with Gasteiger partial charge in [-0.05, 0) is 97.6 Å². The summed E-state index contributed by atoms with van der Waals surface area (Å²) < 4.78 is 10.6. The number of nitrogens with zero attached hydrogens (tertiary/aromatic N) is 2. The zero-order valence-corrected chi connectivity index (χ0v) is 24.3. The Hall–Kier alpha value is -3.37. The first-order valence-corrected chi connectivity index (χ1v) is 13.6. The number of nitrogens with one attached hydrogen (secondary N) is 3. The van der Waals surface area contributed by atoms with Crippen LogP contribution >= 0.6 is 0 Å². The summed E-state index contributed by atoms with van der Waals surface area (Å²) in [5.74, 6) is -0.514. The zero-order chi connectivity index (χ0) is 29.1. The number of likely N-dealkylation sites (tertiary alicyclic amines) is 1. The summed E-state index contributed by atoms with van der Waals surface area (Å²) in [6.45, 7) is 15.1. The molecule has 1 aliphatic carbocycles. The molecule has 1 aliphatic heterocycles. The van der Waals surface area contributed by atoms with Gasteiger partial charge < -0.3 is 25.0 Å². The van der Waals surface area contributed by atoms with Gasteiger partial charge in [0.2, 0.25) is 0 Å². The Balaban J connectivity index is 1.58. The third-order valence-corrected chi connectivity index (χ3v) is 6.71. The Kier molecular flexibility index (Phi) is 9.12. The van der Waals surface area contributed by atoms with E-state index in [1.807, 2.05) is 20.8 Å². The monoisotopic (exact) mass is 545 g/mol. The van der Waals surface area contributed by atoms with Crippen molar-refractivity contribution >= 4 is 35.5 Å². The lowest BCUT2D eigenvalue weighted by Crippen LogP contribution is -2.58. The lowest BCUT2D eigenvalue weighted by atomic mass is 9.72. The number of hydrogen-bond donors (Lipinski definition) is 3. The number of aryl methyl sites for hydroxylation is 1. The first kappa shape index (κ1) is 30.2. The molecule has 0 radical (unpaired) electrons. The van der Waals surface area contributed by atoms with E-state index in [0.29, 0.717) is 23.6 Å². The molecule has 0 unspecified atom stereocenters. The SMILES string of the molecule is Cc1cc(NC(=O)C(=O)N2C[C@@H](C)CC[C@@H]2[C@H]2C[C@H](NC(=O)OC(C)(C)C)C2)cnc1NC(=O)OC(C)(C)C. The molecule has 1 aromatic rings. The fraction of sp³-hybridized carbons (Fsp3) is 0.679. The smallest absolute Gasteiger partial charge is 0.413 e. The van der Waals surface area contributed by atoms with Gasteiger partial charge in [0.1, 0.15) is 17.0 Å². The number of rotatable bonds is 4. The molecule has 4 amide bonds. The van der Waals surface area contributed by atoms with Crippen LogP contribution in [0, 0.1) is 18.8 Å². The summed E-state index contributed by atoms with van der Waals surface area (Å²) in [7, 11) is 0. The topological polar surface area (TPSA) is 139 Å². The van der Waals surface area contributed by atoms with Crippen molar-refractivity contribution in [1.82, 2.24) is 15.2 Å². The van der Waals surface area contributed by atoms with E-state index in [0.717, 1.165) is 25.7 Å². The van der Waals surface area contributed by atoms with E-state index in [-0.39, 0.29) is 23.9 Å². The summed E-state index contributed by atoms with van der Waals surface area (Å²) in [6.07, 6.45) is 3.58. The maximum absolute atomic E-state index is 13.3. The van der Waals surface area contributed by atoms with Crippen LogP contribution in [0.15, 0.2) is 12.3 Å². The van der Waals surface area contributed by atoms with Gasteiger partial charge in [-0.15, -0.1) is 0 Å². The first-order valence-electron chi connectivity index (χ1n) is 13.6. The molecule has 2 fully saturated rings. The van der Waals surface area contributed by atoms with Gasteiger partial charge in [0.15, 0.2) is 0 Å². The van der Waals surface area contributed by atoms with Gasteiger partial charge in [-0.3, -0.25) is 14.9 Å². The maximum atomic E-state index is 13.3. The molecular weight excluding hydrogens is 502 g/mol. The molecule has 216 valence electrons. The van der Waals surface area contributed by atoms with E-state index in [2.05, 4.69) is 27.9 Å². The number of aromatic nitrogens is 1. The minimum Gasteiger partial charge on any atom is -0.444 e. The van der Waals surface area contributed by atoms with Gasteiger partial charge >= 0.3 is 24.0 Å². The van der Waals surface area contributed by atoms with Crippen LogP contribution in [0.25, 0.3) is 0 Å². The second-order valence-electron chi connectivity index (χ2n) is 12.8. The molecule has 3 rings (SSSR count). The van der Waals surface area contributed by atoms with E-state index < -0.39 is 35.2 Å². The summed E-state index contributed by atoms with van der Waals surface area (Å²) >= 11 is 0. The van der Waals surface area contributed by atoms with E-state index >= 15 is 0 Å². The zero-order valence-electron chi connectivity index (χ0n) is 24.3. The molecule has 11 nitrogen and oxygen atoms in total. The van der Waals surface area contributed by atoms with Crippen LogP contribution in [0.3, 0.4) is 0 Å². The van der Waals surface area contributed by atoms with Crippen molar-refractivity contribution < 1.29 is 28.7 Å². The summed E-state index contributed by atoms with van der Waals surface area (Å²) in [6, 6.07) is 1.58. The predicted octanol–water partition coefficient (Wildman–Crippen LogP) is 4.61. The third-order valence-electron chi connectivity index (χ3n) is 6.71. The average Bonchev–Trinajstić information content (AvgIpc) is 2.75. The van der Waals surface area contributed by atoms with E-state index in [9.17, 15) is 19.2 Å². The van der Waals surface area contributed by atoms with Gasteiger partial charge in [-0.1, -0.05) is 6.92 Å². The Morgan fingerprint density at radius 2 is 1.56 bits per heavy atom. The van der Waals surface area contributed by atoms with Gasteiger partial charge in [0.25, 0.3) is 0 Å². The van der Waals surface area contributed by atoms with Crippen LogP contribution in [-0.4, -0.2) is 63.7 Å². The van der Waals surface area contributed by atoms with E-state index in [1.54, 1.807) is 38.7 Å². The second kappa shape index (κ2) is 11.8. The van der Waals surface area contributed by atoms with Crippen LogP contribution in [-0.2, 0) is 19.1 Å². The summed E-state index contributed by atoms with van der Waals surface area (Å²) in [5, 5.41) is 8.14. The molecule has 1 saturated carbocycles. The minimum absolute atomic E-state index is 0.00293.